The highest BCUT2D eigenvalue weighted by Crippen LogP contribution is 2.13. The first-order chi connectivity index (χ1) is 5.55. The fourth-order valence-corrected chi connectivity index (χ4v) is 1.22. The van der Waals surface area contributed by atoms with Crippen LogP contribution in [-0.4, -0.2) is 24.4 Å². The average Bonchev–Trinajstić information content (AvgIpc) is 2.36. The van der Waals surface area contributed by atoms with Gasteiger partial charge in [0.15, 0.2) is 5.82 Å². The predicted molar refractivity (Wildman–Crippen MR) is 46.1 cm³/mol. The highest BCUT2D eigenvalue weighted by atomic mass is 32.2. The van der Waals surface area contributed by atoms with Gasteiger partial charge in [-0.15, -0.1) is 0 Å². The normalized spacial score (nSPS) is 11.4. The average molecular weight is 190 g/mol. The van der Waals surface area contributed by atoms with Gasteiger partial charge in [-0.1, -0.05) is 0 Å². The number of sulfonamides is 1. The molecule has 0 spiro atoms. The van der Waals surface area contributed by atoms with E-state index >= 15 is 0 Å². The molecule has 0 aromatic carbocycles. The Kier molecular flexibility index (Phi) is 2.22. The molecule has 0 atom stereocenters. The van der Waals surface area contributed by atoms with Crippen LogP contribution < -0.4 is 10.5 Å². The van der Waals surface area contributed by atoms with Gasteiger partial charge < -0.3 is 5.73 Å². The van der Waals surface area contributed by atoms with Crippen LogP contribution in [0.15, 0.2) is 6.20 Å². The molecule has 0 saturated heterocycles. The summed E-state index contributed by atoms with van der Waals surface area (Å²) < 4.78 is 24.3. The first-order valence-corrected chi connectivity index (χ1v) is 4.99. The van der Waals surface area contributed by atoms with Gasteiger partial charge in [0.05, 0.1) is 17.6 Å². The molecule has 7 heteroatoms. The molecule has 4 N–H and O–H groups in total. The number of nitrogens with two attached hydrogens (primary N) is 1. The molecule has 1 rings (SSSR count). The van der Waals surface area contributed by atoms with E-state index in [1.165, 1.54) is 13.1 Å². The zero-order valence-corrected chi connectivity index (χ0v) is 7.35. The molecule has 1 heterocycles. The SMILES string of the molecule is CCS(=O)(=O)Nc1[nH]ncc1N. The van der Waals surface area contributed by atoms with E-state index in [1.807, 2.05) is 0 Å². The molecule has 0 saturated carbocycles. The molecule has 0 radical (unpaired) electrons. The van der Waals surface area contributed by atoms with E-state index in [9.17, 15) is 8.42 Å². The zero-order chi connectivity index (χ0) is 9.19. The lowest BCUT2D eigenvalue weighted by molar-refractivity contribution is 0.602. The van der Waals surface area contributed by atoms with Crippen LogP contribution in [0.3, 0.4) is 0 Å². The minimum Gasteiger partial charge on any atom is -0.394 e. The van der Waals surface area contributed by atoms with E-state index in [0.29, 0.717) is 0 Å². The predicted octanol–water partition coefficient (Wildman–Crippen LogP) is -0.247. The van der Waals surface area contributed by atoms with Crippen molar-refractivity contribution in [2.45, 2.75) is 6.92 Å². The van der Waals surface area contributed by atoms with E-state index in [-0.39, 0.29) is 17.3 Å². The second kappa shape index (κ2) is 3.02. The first-order valence-electron chi connectivity index (χ1n) is 3.34. The van der Waals surface area contributed by atoms with E-state index in [1.54, 1.807) is 0 Å². The molecule has 6 nitrogen and oxygen atoms in total. The molecule has 68 valence electrons. The van der Waals surface area contributed by atoms with E-state index in [4.69, 9.17) is 5.73 Å². The smallest absolute Gasteiger partial charge is 0.233 e. The Hall–Kier alpha value is -1.24. The zero-order valence-electron chi connectivity index (χ0n) is 6.53. The van der Waals surface area contributed by atoms with Crippen LogP contribution in [0.2, 0.25) is 0 Å². The molecule has 0 fully saturated rings. The number of H-pyrrole nitrogens is 1. The van der Waals surface area contributed by atoms with Crippen LogP contribution in [0.5, 0.6) is 0 Å². The maximum Gasteiger partial charge on any atom is 0.233 e. The molecule has 0 aliphatic rings. The first kappa shape index (κ1) is 8.85. The Morgan fingerprint density at radius 3 is 2.83 bits per heavy atom. The highest BCUT2D eigenvalue weighted by molar-refractivity contribution is 7.92. The van der Waals surface area contributed by atoms with Crippen LogP contribution in [0.25, 0.3) is 0 Å². The fraction of sp³-hybridized carbons (Fsp3) is 0.400. The number of anilines is 2. The maximum atomic E-state index is 11.0. The van der Waals surface area contributed by atoms with Crippen molar-refractivity contribution in [3.63, 3.8) is 0 Å². The molecular weight excluding hydrogens is 180 g/mol. The van der Waals surface area contributed by atoms with Gasteiger partial charge in [0, 0.05) is 0 Å². The summed E-state index contributed by atoms with van der Waals surface area (Å²) in [7, 11) is -3.27. The second-order valence-corrected chi connectivity index (χ2v) is 4.22. The van der Waals surface area contributed by atoms with Crippen molar-refractivity contribution >= 4 is 21.5 Å². The molecule has 0 bridgehead atoms. The van der Waals surface area contributed by atoms with Gasteiger partial charge >= 0.3 is 0 Å². The van der Waals surface area contributed by atoms with Crippen molar-refractivity contribution in [3.8, 4) is 0 Å². The summed E-state index contributed by atoms with van der Waals surface area (Å²) in [4.78, 5) is 0. The van der Waals surface area contributed by atoms with Crippen LogP contribution in [0, 0.1) is 0 Å². The van der Waals surface area contributed by atoms with Crippen LogP contribution in [-0.2, 0) is 10.0 Å². The third-order valence-corrected chi connectivity index (χ3v) is 2.58. The summed E-state index contributed by atoms with van der Waals surface area (Å²) in [6.07, 6.45) is 1.34. The maximum absolute atomic E-state index is 11.0. The molecule has 0 amide bonds. The van der Waals surface area contributed by atoms with Gasteiger partial charge in [-0.25, -0.2) is 8.42 Å². The summed E-state index contributed by atoms with van der Waals surface area (Å²) in [5, 5.41) is 5.99. The molecule has 0 aliphatic carbocycles. The Balaban J connectivity index is 2.84. The van der Waals surface area contributed by atoms with Gasteiger partial charge in [0.1, 0.15) is 0 Å². The Bertz CT molecular complexity index is 355. The van der Waals surface area contributed by atoms with Crippen molar-refractivity contribution in [2.24, 2.45) is 0 Å². The van der Waals surface area contributed by atoms with E-state index in [0.717, 1.165) is 0 Å². The van der Waals surface area contributed by atoms with Gasteiger partial charge in [0.2, 0.25) is 10.0 Å². The van der Waals surface area contributed by atoms with Crippen molar-refractivity contribution in [3.05, 3.63) is 6.20 Å². The summed E-state index contributed by atoms with van der Waals surface area (Å²) in [6.45, 7) is 1.54. The van der Waals surface area contributed by atoms with Crippen molar-refractivity contribution in [1.29, 1.82) is 0 Å². The van der Waals surface area contributed by atoms with Gasteiger partial charge in [-0.3, -0.25) is 9.82 Å². The lowest BCUT2D eigenvalue weighted by atomic mass is 10.6. The number of nitrogens with zero attached hydrogens (tertiary/aromatic N) is 1. The second-order valence-electron chi connectivity index (χ2n) is 2.21. The van der Waals surface area contributed by atoms with Gasteiger partial charge in [0.25, 0.3) is 0 Å². The number of hydrogen-bond acceptors (Lipinski definition) is 4. The number of aromatic amines is 1. The Morgan fingerprint density at radius 2 is 2.42 bits per heavy atom. The summed E-state index contributed by atoms with van der Waals surface area (Å²) in [5.74, 6) is 0.225. The molecule has 12 heavy (non-hydrogen) atoms. The lowest BCUT2D eigenvalue weighted by Gasteiger charge is -2.02. The van der Waals surface area contributed by atoms with Crippen molar-refractivity contribution in [2.75, 3.05) is 16.2 Å². The monoisotopic (exact) mass is 190 g/mol. The number of rotatable bonds is 3. The minimum absolute atomic E-state index is 0.00542. The lowest BCUT2D eigenvalue weighted by Crippen LogP contribution is -2.15. The number of nitrogen functional groups attached to an aromatic ring is 1. The summed E-state index contributed by atoms with van der Waals surface area (Å²) in [6, 6.07) is 0. The summed E-state index contributed by atoms with van der Waals surface area (Å²) >= 11 is 0. The summed E-state index contributed by atoms with van der Waals surface area (Å²) in [5.41, 5.74) is 5.67. The fourth-order valence-electron chi connectivity index (χ4n) is 0.605. The molecule has 0 unspecified atom stereocenters. The third kappa shape index (κ3) is 1.88. The Labute approximate surface area is 70.2 Å². The van der Waals surface area contributed by atoms with Crippen LogP contribution >= 0.6 is 0 Å². The van der Waals surface area contributed by atoms with Crippen molar-refractivity contribution in [1.82, 2.24) is 10.2 Å². The molecular formula is C5H10N4O2S. The van der Waals surface area contributed by atoms with Crippen LogP contribution in [0.1, 0.15) is 6.92 Å². The Morgan fingerprint density at radius 1 is 1.75 bits per heavy atom. The van der Waals surface area contributed by atoms with Gasteiger partial charge in [-0.2, -0.15) is 5.10 Å². The van der Waals surface area contributed by atoms with Crippen molar-refractivity contribution < 1.29 is 8.42 Å². The molecule has 1 aromatic heterocycles. The van der Waals surface area contributed by atoms with E-state index < -0.39 is 10.0 Å². The topological polar surface area (TPSA) is 101 Å². The molecule has 1 aromatic rings. The van der Waals surface area contributed by atoms with Gasteiger partial charge in [-0.05, 0) is 6.92 Å². The quantitative estimate of drug-likeness (QED) is 0.612. The largest absolute Gasteiger partial charge is 0.394 e. The standard InChI is InChI=1S/C5H10N4O2S/c1-2-12(10,11)9-5-4(6)3-7-8-5/h3H,2,6H2,1H3,(H2,7,8,9). The number of hydrogen-bond donors (Lipinski definition) is 3. The van der Waals surface area contributed by atoms with Crippen LogP contribution in [0.4, 0.5) is 11.5 Å². The third-order valence-electron chi connectivity index (χ3n) is 1.31. The minimum atomic E-state index is -3.27. The highest BCUT2D eigenvalue weighted by Gasteiger charge is 2.09. The number of aromatic nitrogens is 2. The number of nitrogens with one attached hydrogen (secondary N) is 2. The van der Waals surface area contributed by atoms with E-state index in [2.05, 4.69) is 14.9 Å². The molecule has 0 aliphatic heterocycles.